The van der Waals surface area contributed by atoms with Crippen molar-refractivity contribution in [2.24, 2.45) is 0 Å². The Labute approximate surface area is 147 Å². The van der Waals surface area contributed by atoms with Gasteiger partial charge in [0.1, 0.15) is 11.1 Å². The quantitative estimate of drug-likeness (QED) is 0.788. The molecule has 0 amide bonds. The molecule has 1 aromatic carbocycles. The van der Waals surface area contributed by atoms with Crippen LogP contribution in [0.25, 0.3) is 0 Å². The molecule has 2 heterocycles. The SMILES string of the molecule is CCCc1ccc(S(=O)(=O)N2CC(Oc3ncccc3Cl)C2)cc1. The summed E-state index contributed by atoms with van der Waals surface area (Å²) in [7, 11) is -3.47. The summed E-state index contributed by atoms with van der Waals surface area (Å²) in [5.41, 5.74) is 1.14. The summed E-state index contributed by atoms with van der Waals surface area (Å²) in [5, 5.41) is 0.422. The first kappa shape index (κ1) is 17.2. The highest BCUT2D eigenvalue weighted by Gasteiger charge is 2.38. The standard InChI is InChI=1S/C17H19ClN2O3S/c1-2-4-13-6-8-15(9-7-13)24(21,22)20-11-14(12-20)23-17-16(18)5-3-10-19-17/h3,5-10,14H,2,4,11-12H2,1H3. The Balaban J connectivity index is 1.63. The van der Waals surface area contributed by atoms with Crippen molar-refractivity contribution >= 4 is 21.6 Å². The molecule has 0 bridgehead atoms. The van der Waals surface area contributed by atoms with Crippen molar-refractivity contribution in [1.29, 1.82) is 0 Å². The van der Waals surface area contributed by atoms with E-state index in [2.05, 4.69) is 11.9 Å². The van der Waals surface area contributed by atoms with Crippen molar-refractivity contribution in [3.63, 3.8) is 0 Å². The Morgan fingerprint density at radius 1 is 1.25 bits per heavy atom. The second-order valence-electron chi connectivity index (χ2n) is 5.75. The highest BCUT2D eigenvalue weighted by atomic mass is 35.5. The monoisotopic (exact) mass is 366 g/mol. The van der Waals surface area contributed by atoms with Crippen LogP contribution < -0.4 is 4.74 Å². The second-order valence-corrected chi connectivity index (χ2v) is 8.09. The average molecular weight is 367 g/mol. The molecule has 0 saturated carbocycles. The van der Waals surface area contributed by atoms with Gasteiger partial charge < -0.3 is 4.74 Å². The van der Waals surface area contributed by atoms with Crippen molar-refractivity contribution in [2.45, 2.75) is 30.8 Å². The topological polar surface area (TPSA) is 59.5 Å². The van der Waals surface area contributed by atoms with E-state index < -0.39 is 10.0 Å². The lowest BCUT2D eigenvalue weighted by Gasteiger charge is -2.37. The van der Waals surface area contributed by atoms with Crippen LogP contribution in [0.1, 0.15) is 18.9 Å². The molecule has 1 aliphatic heterocycles. The number of nitrogens with zero attached hydrogens (tertiary/aromatic N) is 2. The number of hydrogen-bond acceptors (Lipinski definition) is 4. The van der Waals surface area contributed by atoms with Crippen molar-refractivity contribution in [3.05, 3.63) is 53.2 Å². The number of benzene rings is 1. The second kappa shape index (κ2) is 7.09. The average Bonchev–Trinajstić information content (AvgIpc) is 2.52. The van der Waals surface area contributed by atoms with Gasteiger partial charge in [-0.25, -0.2) is 13.4 Å². The fraction of sp³-hybridized carbons (Fsp3) is 0.353. The number of aromatic nitrogens is 1. The number of halogens is 1. The Bertz CT molecular complexity index is 803. The predicted molar refractivity (Wildman–Crippen MR) is 92.9 cm³/mol. The van der Waals surface area contributed by atoms with Crippen LogP contribution in [0, 0.1) is 0 Å². The first-order valence-electron chi connectivity index (χ1n) is 7.87. The van der Waals surface area contributed by atoms with E-state index in [1.165, 1.54) is 4.31 Å². The summed E-state index contributed by atoms with van der Waals surface area (Å²) in [5.74, 6) is 0.338. The fourth-order valence-corrected chi connectivity index (χ4v) is 4.22. The van der Waals surface area contributed by atoms with Crippen molar-refractivity contribution in [2.75, 3.05) is 13.1 Å². The third kappa shape index (κ3) is 3.55. The largest absolute Gasteiger partial charge is 0.470 e. The Morgan fingerprint density at radius 3 is 2.58 bits per heavy atom. The van der Waals surface area contributed by atoms with Gasteiger partial charge in [-0.2, -0.15) is 4.31 Å². The molecule has 128 valence electrons. The van der Waals surface area contributed by atoms with Crippen molar-refractivity contribution < 1.29 is 13.2 Å². The van der Waals surface area contributed by atoms with Crippen LogP contribution in [0.15, 0.2) is 47.5 Å². The van der Waals surface area contributed by atoms with E-state index >= 15 is 0 Å². The van der Waals surface area contributed by atoms with Gasteiger partial charge in [0.2, 0.25) is 15.9 Å². The first-order chi connectivity index (χ1) is 11.5. The van der Waals surface area contributed by atoms with Crippen LogP contribution >= 0.6 is 11.6 Å². The lowest BCUT2D eigenvalue weighted by molar-refractivity contribution is 0.0722. The smallest absolute Gasteiger partial charge is 0.243 e. The van der Waals surface area contributed by atoms with E-state index in [-0.39, 0.29) is 6.10 Å². The zero-order valence-corrected chi connectivity index (χ0v) is 14.9. The normalized spacial score (nSPS) is 15.9. The number of ether oxygens (including phenoxy) is 1. The van der Waals surface area contributed by atoms with E-state index in [0.29, 0.717) is 28.9 Å². The van der Waals surface area contributed by atoms with E-state index in [1.807, 2.05) is 12.1 Å². The third-order valence-corrected chi connectivity index (χ3v) is 6.05. The van der Waals surface area contributed by atoms with E-state index in [1.54, 1.807) is 30.5 Å². The molecule has 1 saturated heterocycles. The molecule has 1 fully saturated rings. The molecular formula is C17H19ClN2O3S. The Kier molecular flexibility index (Phi) is 5.08. The predicted octanol–water partition coefficient (Wildman–Crippen LogP) is 3.14. The maximum atomic E-state index is 12.6. The molecule has 7 heteroatoms. The maximum Gasteiger partial charge on any atom is 0.243 e. The van der Waals surface area contributed by atoms with Gasteiger partial charge in [0.25, 0.3) is 0 Å². The van der Waals surface area contributed by atoms with Gasteiger partial charge in [0, 0.05) is 6.20 Å². The molecule has 1 aliphatic rings. The maximum absolute atomic E-state index is 12.6. The molecule has 0 spiro atoms. The van der Waals surface area contributed by atoms with Gasteiger partial charge in [-0.1, -0.05) is 37.1 Å². The molecule has 0 unspecified atom stereocenters. The molecule has 3 rings (SSSR count). The highest BCUT2D eigenvalue weighted by Crippen LogP contribution is 2.27. The number of rotatable bonds is 6. The van der Waals surface area contributed by atoms with Crippen LogP contribution in [-0.2, 0) is 16.4 Å². The van der Waals surface area contributed by atoms with Gasteiger partial charge in [-0.15, -0.1) is 0 Å². The number of aryl methyl sites for hydroxylation is 1. The molecule has 0 radical (unpaired) electrons. The summed E-state index contributed by atoms with van der Waals surface area (Å²) in [6, 6.07) is 10.5. The summed E-state index contributed by atoms with van der Waals surface area (Å²) in [6.07, 6.45) is 3.34. The summed E-state index contributed by atoms with van der Waals surface area (Å²) < 4.78 is 32.2. The van der Waals surface area contributed by atoms with Gasteiger partial charge in [-0.05, 0) is 36.2 Å². The highest BCUT2D eigenvalue weighted by molar-refractivity contribution is 7.89. The van der Waals surface area contributed by atoms with Crippen LogP contribution in [-0.4, -0.2) is 36.9 Å². The van der Waals surface area contributed by atoms with Crippen LogP contribution in [0.5, 0.6) is 5.88 Å². The zero-order chi connectivity index (χ0) is 17.2. The third-order valence-electron chi connectivity index (χ3n) is 3.92. The summed E-state index contributed by atoms with van der Waals surface area (Å²) >= 11 is 5.99. The van der Waals surface area contributed by atoms with Gasteiger partial charge in [-0.3, -0.25) is 0 Å². The van der Waals surface area contributed by atoms with E-state index in [0.717, 1.165) is 18.4 Å². The molecule has 2 aromatic rings. The molecule has 5 nitrogen and oxygen atoms in total. The Morgan fingerprint density at radius 2 is 1.96 bits per heavy atom. The van der Waals surface area contributed by atoms with Crippen LogP contribution in [0.4, 0.5) is 0 Å². The molecular weight excluding hydrogens is 348 g/mol. The lowest BCUT2D eigenvalue weighted by atomic mass is 10.1. The van der Waals surface area contributed by atoms with Gasteiger partial charge >= 0.3 is 0 Å². The zero-order valence-electron chi connectivity index (χ0n) is 13.4. The summed E-state index contributed by atoms with van der Waals surface area (Å²) in [4.78, 5) is 4.37. The molecule has 1 aromatic heterocycles. The summed E-state index contributed by atoms with van der Waals surface area (Å²) in [6.45, 7) is 2.69. The van der Waals surface area contributed by atoms with Crippen LogP contribution in [0.3, 0.4) is 0 Å². The van der Waals surface area contributed by atoms with Crippen molar-refractivity contribution in [3.8, 4) is 5.88 Å². The minimum Gasteiger partial charge on any atom is -0.470 e. The molecule has 0 atom stereocenters. The minimum atomic E-state index is -3.47. The fourth-order valence-electron chi connectivity index (χ4n) is 2.55. The van der Waals surface area contributed by atoms with E-state index in [9.17, 15) is 8.42 Å². The Hall–Kier alpha value is -1.63. The van der Waals surface area contributed by atoms with Gasteiger partial charge in [0.15, 0.2) is 0 Å². The lowest BCUT2D eigenvalue weighted by Crippen LogP contribution is -2.56. The number of sulfonamides is 1. The minimum absolute atomic E-state index is 0.230. The molecule has 0 N–H and O–H groups in total. The number of pyridine rings is 1. The number of hydrogen-bond donors (Lipinski definition) is 0. The van der Waals surface area contributed by atoms with Crippen molar-refractivity contribution in [1.82, 2.24) is 9.29 Å². The first-order valence-corrected chi connectivity index (χ1v) is 9.68. The van der Waals surface area contributed by atoms with E-state index in [4.69, 9.17) is 16.3 Å². The molecule has 24 heavy (non-hydrogen) atoms. The van der Waals surface area contributed by atoms with Crippen LogP contribution in [0.2, 0.25) is 5.02 Å². The van der Waals surface area contributed by atoms with Gasteiger partial charge in [0.05, 0.1) is 18.0 Å². The molecule has 0 aliphatic carbocycles.